The van der Waals surface area contributed by atoms with Crippen molar-refractivity contribution in [1.82, 2.24) is 15.5 Å². The van der Waals surface area contributed by atoms with Crippen LogP contribution in [0.2, 0.25) is 0 Å². The number of rotatable bonds is 13. The molecule has 0 aliphatic rings. The smallest absolute Gasteiger partial charge is 0.249 e. The number of carbonyl (C=O) groups excluding carboxylic acids is 4. The molecule has 0 spiro atoms. The SMILES string of the molecule is CCC(N)(CC)C(=O)NC(CC)(CC)C(=O)N[C@H](C(=O)N(C)C(=CC(C)C(C)=O)C(C)C)C(C)(C)C. The van der Waals surface area contributed by atoms with Gasteiger partial charge in [0.15, 0.2) is 0 Å². The summed E-state index contributed by atoms with van der Waals surface area (Å²) in [4.78, 5) is 54.0. The fourth-order valence-electron chi connectivity index (χ4n) is 4.02. The minimum atomic E-state index is -1.20. The van der Waals surface area contributed by atoms with Crippen LogP contribution < -0.4 is 16.4 Å². The average Bonchev–Trinajstić information content (AvgIpc) is 2.81. The summed E-state index contributed by atoms with van der Waals surface area (Å²) in [6.07, 6.45) is 3.39. The molecule has 208 valence electrons. The second kappa shape index (κ2) is 13.4. The van der Waals surface area contributed by atoms with Gasteiger partial charge in [-0.15, -0.1) is 0 Å². The van der Waals surface area contributed by atoms with E-state index in [-0.39, 0.29) is 29.4 Å². The molecule has 0 radical (unpaired) electrons. The van der Waals surface area contributed by atoms with Crippen molar-refractivity contribution in [1.29, 1.82) is 0 Å². The fraction of sp³-hybridized carbons (Fsp3) is 0.786. The highest BCUT2D eigenvalue weighted by molar-refractivity contribution is 5.97. The Kier molecular flexibility index (Phi) is 12.5. The topological polar surface area (TPSA) is 122 Å². The Morgan fingerprint density at radius 1 is 0.889 bits per heavy atom. The Labute approximate surface area is 219 Å². The summed E-state index contributed by atoms with van der Waals surface area (Å²) in [5.41, 5.74) is 4.14. The molecule has 0 rings (SSSR count). The lowest BCUT2D eigenvalue weighted by Gasteiger charge is -2.40. The zero-order valence-corrected chi connectivity index (χ0v) is 24.8. The summed E-state index contributed by atoms with van der Waals surface area (Å²) in [7, 11) is 1.67. The van der Waals surface area contributed by atoms with Gasteiger partial charge in [0.25, 0.3) is 0 Å². The minimum absolute atomic E-state index is 0.0104. The van der Waals surface area contributed by atoms with Gasteiger partial charge in [-0.3, -0.25) is 19.2 Å². The number of amides is 3. The third-order valence-corrected chi connectivity index (χ3v) is 7.47. The third-order valence-electron chi connectivity index (χ3n) is 7.47. The van der Waals surface area contributed by atoms with E-state index in [1.165, 1.54) is 11.8 Å². The summed E-state index contributed by atoms with van der Waals surface area (Å²) < 4.78 is 0. The summed E-state index contributed by atoms with van der Waals surface area (Å²) >= 11 is 0. The van der Waals surface area contributed by atoms with Gasteiger partial charge in [-0.2, -0.15) is 0 Å². The van der Waals surface area contributed by atoms with Gasteiger partial charge in [-0.25, -0.2) is 0 Å². The first kappa shape index (κ1) is 33.8. The molecule has 8 nitrogen and oxygen atoms in total. The molecule has 0 aromatic rings. The van der Waals surface area contributed by atoms with Gasteiger partial charge in [-0.05, 0) is 43.9 Å². The van der Waals surface area contributed by atoms with Crippen molar-refractivity contribution in [3.05, 3.63) is 11.8 Å². The number of ketones is 1. The Morgan fingerprint density at radius 2 is 1.36 bits per heavy atom. The molecule has 0 fully saturated rings. The quantitative estimate of drug-likeness (QED) is 0.348. The van der Waals surface area contributed by atoms with E-state index in [0.29, 0.717) is 25.7 Å². The van der Waals surface area contributed by atoms with Crippen LogP contribution in [0.4, 0.5) is 0 Å². The number of nitrogens with one attached hydrogen (secondary N) is 2. The van der Waals surface area contributed by atoms with E-state index in [1.807, 2.05) is 68.4 Å². The van der Waals surface area contributed by atoms with Crippen molar-refractivity contribution in [2.75, 3.05) is 7.05 Å². The number of hydrogen-bond donors (Lipinski definition) is 3. The molecule has 0 aromatic carbocycles. The number of hydrogen-bond acceptors (Lipinski definition) is 5. The van der Waals surface area contributed by atoms with E-state index < -0.39 is 28.4 Å². The molecule has 0 aliphatic heterocycles. The zero-order chi connectivity index (χ0) is 28.6. The number of allylic oxidation sites excluding steroid dienone is 2. The van der Waals surface area contributed by atoms with Crippen molar-refractivity contribution in [3.8, 4) is 0 Å². The van der Waals surface area contributed by atoms with Gasteiger partial charge in [-0.1, -0.05) is 75.3 Å². The second-order valence-corrected chi connectivity index (χ2v) is 11.4. The normalized spacial score (nSPS) is 14.8. The molecule has 36 heavy (non-hydrogen) atoms. The van der Waals surface area contributed by atoms with Gasteiger partial charge in [0.05, 0.1) is 5.54 Å². The first-order valence-corrected chi connectivity index (χ1v) is 13.3. The summed E-state index contributed by atoms with van der Waals surface area (Å²) in [6, 6.07) is -0.862. The second-order valence-electron chi connectivity index (χ2n) is 11.4. The Morgan fingerprint density at radius 3 is 1.69 bits per heavy atom. The lowest BCUT2D eigenvalue weighted by Crippen LogP contribution is -2.67. The molecule has 8 heteroatoms. The van der Waals surface area contributed by atoms with Crippen molar-refractivity contribution in [2.45, 2.75) is 119 Å². The number of carbonyl (C=O) groups is 4. The highest BCUT2D eigenvalue weighted by atomic mass is 16.2. The van der Waals surface area contributed by atoms with Crippen LogP contribution in [-0.2, 0) is 19.2 Å². The standard InChI is InChI=1S/C28H52N4O4/c1-13-27(29,14-2)24(35)31-28(15-3,16-4)25(36)30-22(26(9,10)11)23(34)32(12)21(18(5)6)17-19(7)20(8)33/h17-19,22H,13-16,29H2,1-12H3,(H,30,36)(H,31,35)/t19?,22-/m1/s1. The van der Waals surface area contributed by atoms with Gasteiger partial charge < -0.3 is 21.3 Å². The number of nitrogens with two attached hydrogens (primary N) is 1. The van der Waals surface area contributed by atoms with E-state index in [2.05, 4.69) is 10.6 Å². The molecule has 0 aromatic heterocycles. The van der Waals surface area contributed by atoms with Crippen LogP contribution in [0.1, 0.15) is 102 Å². The van der Waals surface area contributed by atoms with Crippen molar-refractivity contribution in [3.63, 3.8) is 0 Å². The molecule has 1 unspecified atom stereocenters. The molecule has 0 heterocycles. The summed E-state index contributed by atoms with van der Waals surface area (Å²) in [5, 5.41) is 5.89. The summed E-state index contributed by atoms with van der Waals surface area (Å²) in [5.74, 6) is -1.40. The number of likely N-dealkylation sites (N-methyl/N-ethyl adjacent to an activating group) is 1. The highest BCUT2D eigenvalue weighted by Gasteiger charge is 2.44. The third kappa shape index (κ3) is 8.15. The van der Waals surface area contributed by atoms with Crippen molar-refractivity contribution >= 4 is 23.5 Å². The maximum atomic E-state index is 13.8. The predicted molar refractivity (Wildman–Crippen MR) is 146 cm³/mol. The van der Waals surface area contributed by atoms with Gasteiger partial charge in [0.2, 0.25) is 17.7 Å². The van der Waals surface area contributed by atoms with E-state index >= 15 is 0 Å². The van der Waals surface area contributed by atoms with E-state index in [9.17, 15) is 19.2 Å². The van der Waals surface area contributed by atoms with Crippen LogP contribution in [0.25, 0.3) is 0 Å². The first-order valence-electron chi connectivity index (χ1n) is 13.3. The maximum Gasteiger partial charge on any atom is 0.249 e. The molecule has 2 atom stereocenters. The molecular formula is C28H52N4O4. The molecular weight excluding hydrogens is 456 g/mol. The van der Waals surface area contributed by atoms with Crippen molar-refractivity contribution in [2.24, 2.45) is 23.0 Å². The van der Waals surface area contributed by atoms with E-state index in [4.69, 9.17) is 5.73 Å². The fourth-order valence-corrected chi connectivity index (χ4v) is 4.02. The molecule has 0 saturated carbocycles. The number of nitrogens with zero attached hydrogens (tertiary/aromatic N) is 1. The maximum absolute atomic E-state index is 13.8. The molecule has 3 amide bonds. The lowest BCUT2D eigenvalue weighted by atomic mass is 9.83. The molecule has 4 N–H and O–H groups in total. The van der Waals surface area contributed by atoms with Gasteiger partial charge in [0, 0.05) is 18.7 Å². The minimum Gasteiger partial charge on any atom is -0.342 e. The zero-order valence-electron chi connectivity index (χ0n) is 24.8. The van der Waals surface area contributed by atoms with Crippen LogP contribution in [-0.4, -0.2) is 52.6 Å². The predicted octanol–water partition coefficient (Wildman–Crippen LogP) is 3.93. The molecule has 0 saturated heterocycles. The van der Waals surface area contributed by atoms with E-state index in [0.717, 1.165) is 5.70 Å². The lowest BCUT2D eigenvalue weighted by molar-refractivity contribution is -0.141. The highest BCUT2D eigenvalue weighted by Crippen LogP contribution is 2.27. The Bertz CT molecular complexity index is 818. The molecule has 0 bridgehead atoms. The monoisotopic (exact) mass is 508 g/mol. The van der Waals surface area contributed by atoms with Crippen LogP contribution in [0.5, 0.6) is 0 Å². The van der Waals surface area contributed by atoms with Crippen LogP contribution in [0.3, 0.4) is 0 Å². The average molecular weight is 509 g/mol. The van der Waals surface area contributed by atoms with Crippen LogP contribution in [0, 0.1) is 17.3 Å². The molecule has 0 aliphatic carbocycles. The van der Waals surface area contributed by atoms with Crippen LogP contribution in [0.15, 0.2) is 11.8 Å². The number of Topliss-reactive ketones (excluding diaryl/α,β-unsaturated/α-hetero) is 1. The largest absolute Gasteiger partial charge is 0.342 e. The van der Waals surface area contributed by atoms with Crippen molar-refractivity contribution < 1.29 is 19.2 Å². The Hall–Kier alpha value is -2.22. The van der Waals surface area contributed by atoms with Gasteiger partial charge >= 0.3 is 0 Å². The van der Waals surface area contributed by atoms with Crippen LogP contribution >= 0.6 is 0 Å². The van der Waals surface area contributed by atoms with Gasteiger partial charge in [0.1, 0.15) is 17.4 Å². The first-order chi connectivity index (χ1) is 16.4. The Balaban J connectivity index is 6.28. The van der Waals surface area contributed by atoms with E-state index in [1.54, 1.807) is 14.0 Å². The summed E-state index contributed by atoms with van der Waals surface area (Å²) in [6.45, 7) is 20.3.